The van der Waals surface area contributed by atoms with E-state index in [1.165, 1.54) is 5.56 Å². The van der Waals surface area contributed by atoms with Gasteiger partial charge in [-0.25, -0.2) is 0 Å². The van der Waals surface area contributed by atoms with Crippen molar-refractivity contribution in [1.82, 2.24) is 4.90 Å². The fourth-order valence-electron chi connectivity index (χ4n) is 2.73. The number of rotatable bonds is 5. The first-order valence-corrected chi connectivity index (χ1v) is 8.09. The normalized spacial score (nSPS) is 14.9. The van der Waals surface area contributed by atoms with Crippen molar-refractivity contribution in [3.05, 3.63) is 59.7 Å². The number of likely N-dealkylation sites (tertiary alicyclic amines) is 1. The van der Waals surface area contributed by atoms with E-state index >= 15 is 0 Å². The molecule has 0 aromatic heterocycles. The van der Waals surface area contributed by atoms with E-state index in [0.717, 1.165) is 30.8 Å². The summed E-state index contributed by atoms with van der Waals surface area (Å²) in [4.78, 5) is 14.6. The third-order valence-corrected chi connectivity index (χ3v) is 4.32. The second-order valence-corrected chi connectivity index (χ2v) is 6.15. The minimum absolute atomic E-state index is 0.153. The van der Waals surface area contributed by atoms with Gasteiger partial charge in [-0.1, -0.05) is 42.0 Å². The number of aryl methyl sites for hydroxylation is 1. The Labute approximate surface area is 137 Å². The zero-order chi connectivity index (χ0) is 16.2. The maximum Gasteiger partial charge on any atom is 0.245 e. The van der Waals surface area contributed by atoms with Gasteiger partial charge in [0.1, 0.15) is 6.04 Å². The number of nitrogen functional groups attached to an aromatic ring is 1. The first-order chi connectivity index (χ1) is 11.1. The molecule has 0 spiro atoms. The van der Waals surface area contributed by atoms with Gasteiger partial charge in [0.05, 0.1) is 11.4 Å². The number of carbonyl (C=O) groups excluding carboxylic acids is 1. The van der Waals surface area contributed by atoms with Crippen LogP contribution in [0.15, 0.2) is 48.5 Å². The second kappa shape index (κ2) is 6.73. The molecule has 0 aliphatic carbocycles. The zero-order valence-corrected chi connectivity index (χ0v) is 13.5. The first-order valence-electron chi connectivity index (χ1n) is 8.09. The Morgan fingerprint density at radius 2 is 1.87 bits per heavy atom. The minimum atomic E-state index is -0.289. The summed E-state index contributed by atoms with van der Waals surface area (Å²) in [5.74, 6) is 0.153. The number of nitrogens with two attached hydrogens (primary N) is 1. The summed E-state index contributed by atoms with van der Waals surface area (Å²) in [7, 11) is 0. The Morgan fingerprint density at radius 3 is 2.48 bits per heavy atom. The van der Waals surface area contributed by atoms with Crippen LogP contribution in [0.1, 0.15) is 17.5 Å². The molecule has 3 N–H and O–H groups in total. The van der Waals surface area contributed by atoms with Crippen LogP contribution in [0, 0.1) is 6.92 Å². The van der Waals surface area contributed by atoms with Crippen molar-refractivity contribution in [2.75, 3.05) is 24.1 Å². The summed E-state index contributed by atoms with van der Waals surface area (Å²) < 4.78 is 0. The fraction of sp³-hybridized carbons (Fsp3) is 0.316. The predicted octanol–water partition coefficient (Wildman–Crippen LogP) is 2.83. The highest BCUT2D eigenvalue weighted by atomic mass is 16.2. The van der Waals surface area contributed by atoms with Gasteiger partial charge in [-0.2, -0.15) is 0 Å². The Balaban J connectivity index is 1.79. The van der Waals surface area contributed by atoms with Crippen molar-refractivity contribution in [2.45, 2.75) is 25.8 Å². The Hall–Kier alpha value is -2.49. The van der Waals surface area contributed by atoms with Gasteiger partial charge < -0.3 is 16.0 Å². The number of benzene rings is 2. The van der Waals surface area contributed by atoms with Gasteiger partial charge in [0.15, 0.2) is 0 Å². The predicted molar refractivity (Wildman–Crippen MR) is 94.3 cm³/mol. The molecule has 3 rings (SSSR count). The van der Waals surface area contributed by atoms with E-state index < -0.39 is 0 Å². The highest BCUT2D eigenvalue weighted by Crippen LogP contribution is 2.21. The van der Waals surface area contributed by atoms with Gasteiger partial charge in [0.2, 0.25) is 5.91 Å². The van der Waals surface area contributed by atoms with E-state index in [4.69, 9.17) is 5.73 Å². The monoisotopic (exact) mass is 309 g/mol. The van der Waals surface area contributed by atoms with Crippen LogP contribution in [0.25, 0.3) is 0 Å². The maximum atomic E-state index is 12.7. The number of hydrogen-bond donors (Lipinski definition) is 2. The number of nitrogens with one attached hydrogen (secondary N) is 1. The highest BCUT2D eigenvalue weighted by Gasteiger charge is 2.28. The third-order valence-electron chi connectivity index (χ3n) is 4.32. The molecule has 4 heteroatoms. The molecule has 2 aromatic rings. The molecule has 120 valence electrons. The zero-order valence-electron chi connectivity index (χ0n) is 13.5. The van der Waals surface area contributed by atoms with Crippen LogP contribution in [0.5, 0.6) is 0 Å². The van der Waals surface area contributed by atoms with Crippen LogP contribution in [0.3, 0.4) is 0 Å². The van der Waals surface area contributed by atoms with Gasteiger partial charge in [0.25, 0.3) is 0 Å². The lowest BCUT2D eigenvalue weighted by Gasteiger charge is -2.34. The van der Waals surface area contributed by atoms with Crippen LogP contribution in [-0.4, -0.2) is 29.9 Å². The molecule has 1 fully saturated rings. The summed E-state index contributed by atoms with van der Waals surface area (Å²) in [5.41, 5.74) is 9.87. The van der Waals surface area contributed by atoms with E-state index in [9.17, 15) is 4.79 Å². The van der Waals surface area contributed by atoms with E-state index in [2.05, 4.69) is 36.5 Å². The van der Waals surface area contributed by atoms with Crippen LogP contribution in [0.2, 0.25) is 0 Å². The van der Waals surface area contributed by atoms with Crippen LogP contribution >= 0.6 is 0 Å². The van der Waals surface area contributed by atoms with Gasteiger partial charge in [-0.05, 0) is 31.0 Å². The van der Waals surface area contributed by atoms with E-state index in [0.29, 0.717) is 12.1 Å². The summed E-state index contributed by atoms with van der Waals surface area (Å²) in [6.45, 7) is 3.78. The van der Waals surface area contributed by atoms with Crippen LogP contribution in [-0.2, 0) is 11.2 Å². The van der Waals surface area contributed by atoms with Gasteiger partial charge in [-0.15, -0.1) is 0 Å². The quantitative estimate of drug-likeness (QED) is 0.835. The summed E-state index contributed by atoms with van der Waals surface area (Å²) in [6.07, 6.45) is 1.75. The van der Waals surface area contributed by atoms with Crippen molar-refractivity contribution in [1.29, 1.82) is 0 Å². The first kappa shape index (κ1) is 15.4. The molecule has 0 bridgehead atoms. The second-order valence-electron chi connectivity index (χ2n) is 6.15. The SMILES string of the molecule is Cc1ccc(CC(Nc2ccccc2N)C(=O)N2CCC2)cc1. The summed E-state index contributed by atoms with van der Waals surface area (Å²) in [6, 6.07) is 15.6. The van der Waals surface area contributed by atoms with Crippen molar-refractivity contribution in [3.8, 4) is 0 Å². The molecule has 4 nitrogen and oxygen atoms in total. The van der Waals surface area contributed by atoms with Crippen molar-refractivity contribution in [3.63, 3.8) is 0 Å². The number of carbonyl (C=O) groups is 1. The van der Waals surface area contributed by atoms with Crippen molar-refractivity contribution < 1.29 is 4.79 Å². The van der Waals surface area contributed by atoms with Crippen LogP contribution in [0.4, 0.5) is 11.4 Å². The molecule has 1 atom stereocenters. The van der Waals surface area contributed by atoms with Crippen molar-refractivity contribution in [2.24, 2.45) is 0 Å². The lowest BCUT2D eigenvalue weighted by molar-refractivity contribution is -0.135. The number of para-hydroxylation sites is 2. The molecule has 1 saturated heterocycles. The Kier molecular flexibility index (Phi) is 4.51. The molecule has 2 aromatic carbocycles. The van der Waals surface area contributed by atoms with Gasteiger partial charge in [0, 0.05) is 19.5 Å². The van der Waals surface area contributed by atoms with E-state index in [1.807, 2.05) is 29.2 Å². The Bertz CT molecular complexity index is 677. The Morgan fingerprint density at radius 1 is 1.17 bits per heavy atom. The molecular weight excluding hydrogens is 286 g/mol. The smallest absolute Gasteiger partial charge is 0.245 e. The molecule has 1 heterocycles. The number of nitrogens with zero attached hydrogens (tertiary/aromatic N) is 1. The van der Waals surface area contributed by atoms with Crippen molar-refractivity contribution >= 4 is 17.3 Å². The molecule has 1 amide bonds. The molecule has 1 aliphatic rings. The molecule has 23 heavy (non-hydrogen) atoms. The minimum Gasteiger partial charge on any atom is -0.397 e. The summed E-state index contributed by atoms with van der Waals surface area (Å²) in [5, 5.41) is 3.34. The van der Waals surface area contributed by atoms with Crippen LogP contribution < -0.4 is 11.1 Å². The molecule has 0 saturated carbocycles. The standard InChI is InChI=1S/C19H23N3O/c1-14-7-9-15(10-8-14)13-18(19(23)22-11-4-12-22)21-17-6-3-2-5-16(17)20/h2-3,5-10,18,21H,4,11-13,20H2,1H3. The number of anilines is 2. The fourth-order valence-corrected chi connectivity index (χ4v) is 2.73. The largest absolute Gasteiger partial charge is 0.397 e. The van der Waals surface area contributed by atoms with E-state index in [1.54, 1.807) is 0 Å². The average molecular weight is 309 g/mol. The van der Waals surface area contributed by atoms with Gasteiger partial charge in [-0.3, -0.25) is 4.79 Å². The van der Waals surface area contributed by atoms with Gasteiger partial charge >= 0.3 is 0 Å². The van der Waals surface area contributed by atoms with E-state index in [-0.39, 0.29) is 11.9 Å². The number of amides is 1. The average Bonchev–Trinajstić information content (AvgIpc) is 2.49. The summed E-state index contributed by atoms with van der Waals surface area (Å²) >= 11 is 0. The molecule has 1 aliphatic heterocycles. The lowest BCUT2D eigenvalue weighted by atomic mass is 10.0. The maximum absolute atomic E-state index is 12.7. The highest BCUT2D eigenvalue weighted by molar-refractivity contribution is 5.86. The lowest BCUT2D eigenvalue weighted by Crippen LogP contribution is -2.50. The topological polar surface area (TPSA) is 58.4 Å². The molecule has 0 radical (unpaired) electrons. The molecule has 1 unspecified atom stereocenters. The third kappa shape index (κ3) is 3.65. The number of hydrogen-bond acceptors (Lipinski definition) is 3. The molecular formula is C19H23N3O.